The topological polar surface area (TPSA) is 17.1 Å². The Bertz CT molecular complexity index is 409. The van der Waals surface area contributed by atoms with E-state index in [1.165, 1.54) is 11.1 Å². The van der Waals surface area contributed by atoms with Crippen LogP contribution in [-0.4, -0.2) is 5.78 Å². The van der Waals surface area contributed by atoms with Crippen molar-refractivity contribution in [2.24, 2.45) is 17.3 Å². The minimum atomic E-state index is -0.0543. The summed E-state index contributed by atoms with van der Waals surface area (Å²) < 4.78 is 0. The number of carbonyl (C=O) groups is 1. The van der Waals surface area contributed by atoms with Crippen LogP contribution in [0.25, 0.3) is 0 Å². The minimum Gasteiger partial charge on any atom is -0.299 e. The number of carbonyl (C=O) groups excluding carboxylic acids is 1. The third-order valence-corrected chi connectivity index (χ3v) is 3.83. The Morgan fingerprint density at radius 1 is 1.44 bits per heavy atom. The van der Waals surface area contributed by atoms with Crippen molar-refractivity contribution in [3.05, 3.63) is 35.5 Å². The number of hydrogen-bond donors (Lipinski definition) is 0. The minimum absolute atomic E-state index is 0.0543. The van der Waals surface area contributed by atoms with E-state index in [0.29, 0.717) is 18.1 Å². The van der Waals surface area contributed by atoms with Gasteiger partial charge in [0.25, 0.3) is 0 Å². The third-order valence-electron chi connectivity index (χ3n) is 3.83. The molecule has 0 aliphatic heterocycles. The van der Waals surface area contributed by atoms with Crippen molar-refractivity contribution in [1.82, 2.24) is 0 Å². The molecule has 0 radical (unpaired) electrons. The van der Waals surface area contributed by atoms with E-state index in [1.807, 2.05) is 0 Å². The second-order valence-electron chi connectivity index (χ2n) is 5.62. The van der Waals surface area contributed by atoms with Crippen LogP contribution in [0.15, 0.2) is 35.5 Å². The standard InChI is InChI=1S/C15H20O/c1-10(2)12-8-13-11(3)6-5-7-15(13,4)9-14(12)16/h5-8,10,12H,9H2,1-4H3/t12-,15-/m1/s1. The van der Waals surface area contributed by atoms with Crippen molar-refractivity contribution in [2.45, 2.75) is 34.1 Å². The first-order valence-corrected chi connectivity index (χ1v) is 6.05. The maximum atomic E-state index is 12.1. The molecule has 0 saturated carbocycles. The van der Waals surface area contributed by atoms with E-state index in [9.17, 15) is 4.79 Å². The second kappa shape index (κ2) is 3.73. The van der Waals surface area contributed by atoms with E-state index in [1.54, 1.807) is 0 Å². The van der Waals surface area contributed by atoms with Gasteiger partial charge in [0, 0.05) is 17.8 Å². The van der Waals surface area contributed by atoms with Crippen molar-refractivity contribution < 1.29 is 4.79 Å². The summed E-state index contributed by atoms with van der Waals surface area (Å²) in [6.45, 7) is 8.56. The Morgan fingerprint density at radius 2 is 2.12 bits per heavy atom. The summed E-state index contributed by atoms with van der Waals surface area (Å²) >= 11 is 0. The fourth-order valence-corrected chi connectivity index (χ4v) is 2.83. The largest absolute Gasteiger partial charge is 0.299 e. The SMILES string of the molecule is CC1=CC=C[C@]2(C)CC(=O)[C@@H](C(C)C)C=C12. The molecular formula is C15H20O. The smallest absolute Gasteiger partial charge is 0.141 e. The number of Topliss-reactive ketones (excluding diaryl/α,β-unsaturated/α-hetero) is 1. The van der Waals surface area contributed by atoms with Gasteiger partial charge in [0.05, 0.1) is 0 Å². The zero-order chi connectivity index (χ0) is 11.9. The van der Waals surface area contributed by atoms with Crippen LogP contribution in [0.2, 0.25) is 0 Å². The van der Waals surface area contributed by atoms with Crippen molar-refractivity contribution in [3.63, 3.8) is 0 Å². The van der Waals surface area contributed by atoms with Crippen LogP contribution in [0, 0.1) is 17.3 Å². The Labute approximate surface area is 97.9 Å². The molecule has 0 bridgehead atoms. The lowest BCUT2D eigenvalue weighted by Crippen LogP contribution is -2.34. The lowest BCUT2D eigenvalue weighted by atomic mass is 9.65. The predicted molar refractivity (Wildman–Crippen MR) is 67.0 cm³/mol. The first-order valence-electron chi connectivity index (χ1n) is 6.05. The summed E-state index contributed by atoms with van der Waals surface area (Å²) in [4.78, 5) is 12.1. The Morgan fingerprint density at radius 3 is 2.75 bits per heavy atom. The maximum Gasteiger partial charge on any atom is 0.141 e. The molecule has 16 heavy (non-hydrogen) atoms. The molecule has 0 aromatic rings. The van der Waals surface area contributed by atoms with Crippen LogP contribution < -0.4 is 0 Å². The molecule has 86 valence electrons. The highest BCUT2D eigenvalue weighted by molar-refractivity contribution is 5.86. The fourth-order valence-electron chi connectivity index (χ4n) is 2.83. The van der Waals surface area contributed by atoms with Gasteiger partial charge in [0.15, 0.2) is 0 Å². The summed E-state index contributed by atoms with van der Waals surface area (Å²) in [7, 11) is 0. The Kier molecular flexibility index (Phi) is 2.65. The zero-order valence-electron chi connectivity index (χ0n) is 10.6. The summed E-state index contributed by atoms with van der Waals surface area (Å²) in [5.74, 6) is 0.904. The molecule has 1 nitrogen and oxygen atoms in total. The second-order valence-corrected chi connectivity index (χ2v) is 5.62. The number of fused-ring (bicyclic) bond motifs is 1. The van der Waals surface area contributed by atoms with Crippen LogP contribution in [-0.2, 0) is 4.79 Å². The lowest BCUT2D eigenvalue weighted by molar-refractivity contribution is -0.124. The van der Waals surface area contributed by atoms with E-state index in [-0.39, 0.29) is 11.3 Å². The van der Waals surface area contributed by atoms with Gasteiger partial charge < -0.3 is 0 Å². The molecule has 2 aliphatic carbocycles. The summed E-state index contributed by atoms with van der Waals surface area (Å²) in [6, 6.07) is 0. The van der Waals surface area contributed by atoms with E-state index in [2.05, 4.69) is 52.0 Å². The molecule has 0 fully saturated rings. The Balaban J connectivity index is 2.47. The van der Waals surface area contributed by atoms with Crippen LogP contribution in [0.4, 0.5) is 0 Å². The van der Waals surface area contributed by atoms with Gasteiger partial charge in [-0.15, -0.1) is 0 Å². The molecule has 0 unspecified atom stereocenters. The molecule has 0 N–H and O–H groups in total. The molecule has 1 heteroatoms. The molecule has 2 atom stereocenters. The van der Waals surface area contributed by atoms with Gasteiger partial charge in [-0.2, -0.15) is 0 Å². The molecule has 0 aromatic heterocycles. The van der Waals surface area contributed by atoms with E-state index in [4.69, 9.17) is 0 Å². The summed E-state index contributed by atoms with van der Waals surface area (Å²) in [6.07, 6.45) is 9.24. The number of allylic oxidation sites excluding steroid dienone is 6. The molecule has 0 saturated heterocycles. The highest BCUT2D eigenvalue weighted by atomic mass is 16.1. The van der Waals surface area contributed by atoms with E-state index in [0.717, 1.165) is 0 Å². The molecule has 0 amide bonds. The van der Waals surface area contributed by atoms with Crippen molar-refractivity contribution in [2.75, 3.05) is 0 Å². The average Bonchev–Trinajstić information content (AvgIpc) is 2.15. The summed E-state index contributed by atoms with van der Waals surface area (Å²) in [5.41, 5.74) is 2.61. The normalized spacial score (nSPS) is 33.6. The monoisotopic (exact) mass is 216 g/mol. The maximum absolute atomic E-state index is 12.1. The number of hydrogen-bond acceptors (Lipinski definition) is 1. The first kappa shape index (κ1) is 11.4. The quantitative estimate of drug-likeness (QED) is 0.653. The third kappa shape index (κ3) is 1.68. The van der Waals surface area contributed by atoms with E-state index >= 15 is 0 Å². The predicted octanol–water partition coefficient (Wildman–Crippen LogP) is 3.68. The van der Waals surface area contributed by atoms with Crippen LogP contribution >= 0.6 is 0 Å². The van der Waals surface area contributed by atoms with Gasteiger partial charge in [0.2, 0.25) is 0 Å². The molecule has 0 aromatic carbocycles. The van der Waals surface area contributed by atoms with Crippen molar-refractivity contribution in [1.29, 1.82) is 0 Å². The van der Waals surface area contributed by atoms with E-state index < -0.39 is 0 Å². The molecule has 0 heterocycles. The van der Waals surface area contributed by atoms with Gasteiger partial charge in [0.1, 0.15) is 5.78 Å². The molecular weight excluding hydrogens is 196 g/mol. The van der Waals surface area contributed by atoms with Gasteiger partial charge in [-0.3, -0.25) is 4.79 Å². The van der Waals surface area contributed by atoms with Crippen LogP contribution in [0.3, 0.4) is 0 Å². The molecule has 0 spiro atoms. The summed E-state index contributed by atoms with van der Waals surface area (Å²) in [5, 5.41) is 0. The first-order chi connectivity index (χ1) is 7.44. The highest BCUT2D eigenvalue weighted by Gasteiger charge is 2.38. The van der Waals surface area contributed by atoms with Crippen molar-refractivity contribution in [3.8, 4) is 0 Å². The van der Waals surface area contributed by atoms with Gasteiger partial charge in [-0.1, -0.05) is 45.1 Å². The van der Waals surface area contributed by atoms with Crippen molar-refractivity contribution >= 4 is 5.78 Å². The van der Waals surface area contributed by atoms with Crippen LogP contribution in [0.1, 0.15) is 34.1 Å². The average molecular weight is 216 g/mol. The van der Waals surface area contributed by atoms with Gasteiger partial charge in [-0.05, 0) is 24.0 Å². The number of ketones is 1. The van der Waals surface area contributed by atoms with Gasteiger partial charge in [-0.25, -0.2) is 0 Å². The zero-order valence-corrected chi connectivity index (χ0v) is 10.6. The number of rotatable bonds is 1. The highest BCUT2D eigenvalue weighted by Crippen LogP contribution is 2.45. The van der Waals surface area contributed by atoms with Gasteiger partial charge >= 0.3 is 0 Å². The lowest BCUT2D eigenvalue weighted by Gasteiger charge is -2.38. The Hall–Kier alpha value is -1.11. The molecule has 2 rings (SSSR count). The van der Waals surface area contributed by atoms with Crippen LogP contribution in [0.5, 0.6) is 0 Å². The fraction of sp³-hybridized carbons (Fsp3) is 0.533. The molecule has 2 aliphatic rings.